The van der Waals surface area contributed by atoms with Gasteiger partial charge in [-0.1, -0.05) is 26.3 Å². The summed E-state index contributed by atoms with van der Waals surface area (Å²) in [7, 11) is 0. The topological polar surface area (TPSA) is 57.5 Å². The summed E-state index contributed by atoms with van der Waals surface area (Å²) >= 11 is 0. The van der Waals surface area contributed by atoms with Gasteiger partial charge in [0.05, 0.1) is 12.2 Å². The second-order valence-electron chi connectivity index (χ2n) is 6.40. The first-order valence-corrected chi connectivity index (χ1v) is 6.97. The van der Waals surface area contributed by atoms with Crippen LogP contribution in [0.2, 0.25) is 0 Å². The molecule has 2 rings (SSSR count). The van der Waals surface area contributed by atoms with E-state index in [2.05, 4.69) is 6.92 Å². The van der Waals surface area contributed by atoms with Gasteiger partial charge in [-0.05, 0) is 36.2 Å². The smallest absolute Gasteiger partial charge is 0.159 e. The van der Waals surface area contributed by atoms with E-state index >= 15 is 0 Å². The van der Waals surface area contributed by atoms with Gasteiger partial charge in [-0.15, -0.1) is 0 Å². The van der Waals surface area contributed by atoms with E-state index < -0.39 is 5.60 Å². The van der Waals surface area contributed by atoms with Crippen LogP contribution in [0.25, 0.3) is 0 Å². The van der Waals surface area contributed by atoms with E-state index in [1.807, 2.05) is 13.8 Å². The molecule has 0 aliphatic heterocycles. The van der Waals surface area contributed by atoms with Gasteiger partial charge < -0.3 is 10.2 Å². The van der Waals surface area contributed by atoms with Gasteiger partial charge >= 0.3 is 0 Å². The van der Waals surface area contributed by atoms with Crippen LogP contribution in [0.5, 0.6) is 0 Å². The van der Waals surface area contributed by atoms with Crippen molar-refractivity contribution in [2.45, 2.75) is 52.1 Å². The lowest BCUT2D eigenvalue weighted by Gasteiger charge is -2.43. The van der Waals surface area contributed by atoms with Crippen molar-refractivity contribution >= 4 is 5.78 Å². The van der Waals surface area contributed by atoms with Gasteiger partial charge in [0.2, 0.25) is 0 Å². The highest BCUT2D eigenvalue weighted by Gasteiger charge is 2.43. The molecule has 0 unspecified atom stereocenters. The lowest BCUT2D eigenvalue weighted by atomic mass is 9.63. The molecule has 0 aromatic heterocycles. The van der Waals surface area contributed by atoms with E-state index in [1.165, 1.54) is 0 Å². The first-order valence-electron chi connectivity index (χ1n) is 6.97. The van der Waals surface area contributed by atoms with E-state index in [0.29, 0.717) is 31.1 Å². The molecular formula is C15H24O3. The fourth-order valence-corrected chi connectivity index (χ4v) is 3.65. The Bertz CT molecular complexity index is 383. The molecule has 0 bridgehead atoms. The maximum Gasteiger partial charge on any atom is 0.159 e. The summed E-state index contributed by atoms with van der Waals surface area (Å²) in [5.41, 5.74) is 1.03. The standard InChI is InChI=1S/C15H24O3/c1-9(2)14-12-7-15(18,8-16)5-4-11(12)10(3)6-13(14)17/h9-11,16,18H,4-8H2,1-3H3/t10-,11-,15+/m0/s1. The molecule has 0 amide bonds. The van der Waals surface area contributed by atoms with Gasteiger partial charge in [-0.2, -0.15) is 0 Å². The number of ketones is 1. The minimum atomic E-state index is -1.01. The van der Waals surface area contributed by atoms with Gasteiger partial charge in [-0.25, -0.2) is 0 Å². The number of carbonyl (C=O) groups excluding carboxylic acids is 1. The molecule has 0 radical (unpaired) electrons. The van der Waals surface area contributed by atoms with Crippen molar-refractivity contribution in [2.75, 3.05) is 6.61 Å². The normalized spacial score (nSPS) is 37.1. The Labute approximate surface area is 109 Å². The van der Waals surface area contributed by atoms with E-state index in [9.17, 15) is 15.0 Å². The second kappa shape index (κ2) is 4.78. The molecule has 3 atom stereocenters. The zero-order valence-electron chi connectivity index (χ0n) is 11.6. The van der Waals surface area contributed by atoms with Crippen molar-refractivity contribution in [3.05, 3.63) is 11.1 Å². The Balaban J connectivity index is 2.42. The Kier molecular flexibility index (Phi) is 3.65. The molecule has 2 N–H and O–H groups in total. The van der Waals surface area contributed by atoms with Crippen LogP contribution in [0, 0.1) is 17.8 Å². The van der Waals surface area contributed by atoms with E-state index in [-0.39, 0.29) is 18.3 Å². The molecule has 0 spiro atoms. The molecule has 0 aromatic rings. The van der Waals surface area contributed by atoms with E-state index in [0.717, 1.165) is 17.6 Å². The van der Waals surface area contributed by atoms with Crippen molar-refractivity contribution in [1.82, 2.24) is 0 Å². The minimum Gasteiger partial charge on any atom is -0.393 e. The molecule has 3 heteroatoms. The Hall–Kier alpha value is -0.670. The van der Waals surface area contributed by atoms with Crippen LogP contribution in [0.3, 0.4) is 0 Å². The second-order valence-corrected chi connectivity index (χ2v) is 6.40. The van der Waals surface area contributed by atoms with Crippen LogP contribution in [0.1, 0.15) is 46.5 Å². The molecule has 1 fully saturated rings. The lowest BCUT2D eigenvalue weighted by Crippen LogP contribution is -2.43. The molecule has 0 aromatic carbocycles. The van der Waals surface area contributed by atoms with Gasteiger partial charge in [0, 0.05) is 12.8 Å². The molecule has 2 aliphatic rings. The minimum absolute atomic E-state index is 0.211. The van der Waals surface area contributed by atoms with Crippen LogP contribution in [-0.2, 0) is 4.79 Å². The van der Waals surface area contributed by atoms with Crippen molar-refractivity contribution in [1.29, 1.82) is 0 Å². The van der Waals surface area contributed by atoms with Crippen molar-refractivity contribution in [2.24, 2.45) is 17.8 Å². The van der Waals surface area contributed by atoms with Crippen molar-refractivity contribution in [3.63, 3.8) is 0 Å². The number of Topliss-reactive ketones (excluding diaryl/α,β-unsaturated/α-hetero) is 1. The Morgan fingerprint density at radius 1 is 1.44 bits per heavy atom. The third kappa shape index (κ3) is 2.26. The first kappa shape index (κ1) is 13.8. The van der Waals surface area contributed by atoms with Crippen molar-refractivity contribution < 1.29 is 15.0 Å². The lowest BCUT2D eigenvalue weighted by molar-refractivity contribution is -0.118. The number of rotatable bonds is 2. The average molecular weight is 252 g/mol. The van der Waals surface area contributed by atoms with Crippen LogP contribution in [-0.4, -0.2) is 28.2 Å². The van der Waals surface area contributed by atoms with Crippen molar-refractivity contribution in [3.8, 4) is 0 Å². The quantitative estimate of drug-likeness (QED) is 0.791. The fourth-order valence-electron chi connectivity index (χ4n) is 3.65. The highest BCUT2D eigenvalue weighted by Crippen LogP contribution is 2.46. The number of hydrogen-bond donors (Lipinski definition) is 2. The molecule has 1 saturated carbocycles. The summed E-state index contributed by atoms with van der Waals surface area (Å²) in [5.74, 6) is 1.25. The van der Waals surface area contributed by atoms with Crippen LogP contribution < -0.4 is 0 Å². The summed E-state index contributed by atoms with van der Waals surface area (Å²) in [6, 6.07) is 0. The zero-order valence-corrected chi connectivity index (χ0v) is 11.6. The van der Waals surface area contributed by atoms with E-state index in [4.69, 9.17) is 0 Å². The first-order chi connectivity index (χ1) is 8.38. The highest BCUT2D eigenvalue weighted by molar-refractivity contribution is 5.97. The molecule has 0 saturated heterocycles. The number of aliphatic hydroxyl groups is 2. The average Bonchev–Trinajstić information content (AvgIpc) is 2.27. The number of carbonyl (C=O) groups is 1. The van der Waals surface area contributed by atoms with Gasteiger partial charge in [0.15, 0.2) is 5.78 Å². The van der Waals surface area contributed by atoms with Gasteiger partial charge in [-0.3, -0.25) is 4.79 Å². The van der Waals surface area contributed by atoms with Gasteiger partial charge in [0.1, 0.15) is 0 Å². The largest absolute Gasteiger partial charge is 0.393 e. The predicted octanol–water partition coefficient (Wildman–Crippen LogP) is 2.07. The highest BCUT2D eigenvalue weighted by atomic mass is 16.3. The van der Waals surface area contributed by atoms with E-state index in [1.54, 1.807) is 0 Å². The number of fused-ring (bicyclic) bond motifs is 1. The number of allylic oxidation sites excluding steroid dienone is 1. The summed E-state index contributed by atoms with van der Waals surface area (Å²) in [6.45, 7) is 6.00. The zero-order chi connectivity index (χ0) is 13.5. The molecule has 3 nitrogen and oxygen atoms in total. The number of aliphatic hydroxyl groups excluding tert-OH is 1. The third-order valence-electron chi connectivity index (χ3n) is 4.60. The Morgan fingerprint density at radius 2 is 2.11 bits per heavy atom. The monoisotopic (exact) mass is 252 g/mol. The summed E-state index contributed by atoms with van der Waals surface area (Å²) < 4.78 is 0. The summed E-state index contributed by atoms with van der Waals surface area (Å²) in [5, 5.41) is 19.6. The molecule has 102 valence electrons. The van der Waals surface area contributed by atoms with Crippen LogP contribution >= 0.6 is 0 Å². The van der Waals surface area contributed by atoms with Crippen LogP contribution in [0.4, 0.5) is 0 Å². The van der Waals surface area contributed by atoms with Gasteiger partial charge in [0.25, 0.3) is 0 Å². The fraction of sp³-hybridized carbons (Fsp3) is 0.800. The summed E-state index contributed by atoms with van der Waals surface area (Å²) in [6.07, 6.45) is 2.63. The number of hydrogen-bond acceptors (Lipinski definition) is 3. The molecular weight excluding hydrogens is 228 g/mol. The molecule has 18 heavy (non-hydrogen) atoms. The predicted molar refractivity (Wildman–Crippen MR) is 70.0 cm³/mol. The third-order valence-corrected chi connectivity index (χ3v) is 4.60. The molecule has 0 heterocycles. The maximum atomic E-state index is 12.2. The van der Waals surface area contributed by atoms with Crippen LogP contribution in [0.15, 0.2) is 11.1 Å². The Morgan fingerprint density at radius 3 is 2.67 bits per heavy atom. The molecule has 2 aliphatic carbocycles. The SMILES string of the molecule is CC(C)C1=C2C[C@@](O)(CO)CC[C@H]2[C@@H](C)CC1=O. The summed E-state index contributed by atoms with van der Waals surface area (Å²) in [4.78, 5) is 12.2. The maximum absolute atomic E-state index is 12.2.